The van der Waals surface area contributed by atoms with E-state index < -0.39 is 0 Å². The van der Waals surface area contributed by atoms with Gasteiger partial charge in [0.25, 0.3) is 0 Å². The molecule has 0 aromatic heterocycles. The van der Waals surface area contributed by atoms with Crippen LogP contribution in [0.5, 0.6) is 0 Å². The molecule has 0 bridgehead atoms. The highest BCUT2D eigenvalue weighted by Crippen LogP contribution is 2.57. The first-order valence-electron chi connectivity index (χ1n) is 20.7. The minimum absolute atomic E-state index is 0.0540. The van der Waals surface area contributed by atoms with E-state index in [-0.39, 0.29) is 10.8 Å². The van der Waals surface area contributed by atoms with E-state index in [2.05, 4.69) is 210 Å². The third-order valence-electron chi connectivity index (χ3n) is 13.8. The summed E-state index contributed by atoms with van der Waals surface area (Å²) < 4.78 is 0. The predicted octanol–water partition coefficient (Wildman–Crippen LogP) is 15.9. The molecule has 10 aromatic rings. The largest absolute Gasteiger partial charge is 0.0619 e. The predicted molar refractivity (Wildman–Crippen MR) is 248 cm³/mol. The molecule has 0 fully saturated rings. The van der Waals surface area contributed by atoms with Crippen molar-refractivity contribution in [2.75, 3.05) is 0 Å². The van der Waals surface area contributed by atoms with Gasteiger partial charge in [0.15, 0.2) is 0 Å². The highest BCUT2D eigenvalue weighted by atomic mass is 14.4. The van der Waals surface area contributed by atoms with E-state index in [9.17, 15) is 0 Å². The third-order valence-corrected chi connectivity index (χ3v) is 13.8. The molecule has 0 aliphatic heterocycles. The summed E-state index contributed by atoms with van der Waals surface area (Å²) in [6.07, 6.45) is 0. The Balaban J connectivity index is 1.01. The van der Waals surface area contributed by atoms with Crippen LogP contribution >= 0.6 is 0 Å². The molecule has 0 saturated heterocycles. The zero-order valence-corrected chi connectivity index (χ0v) is 33.3. The van der Waals surface area contributed by atoms with E-state index >= 15 is 0 Å². The van der Waals surface area contributed by atoms with Crippen molar-refractivity contribution in [1.29, 1.82) is 0 Å². The van der Waals surface area contributed by atoms with E-state index in [1.54, 1.807) is 0 Å². The second-order valence-electron chi connectivity index (χ2n) is 17.7. The Hall–Kier alpha value is -6.76. The fourth-order valence-electron chi connectivity index (χ4n) is 10.7. The fourth-order valence-corrected chi connectivity index (χ4v) is 10.7. The van der Waals surface area contributed by atoms with Crippen LogP contribution in [0.4, 0.5) is 0 Å². The molecule has 0 heterocycles. The van der Waals surface area contributed by atoms with Crippen molar-refractivity contribution in [3.05, 3.63) is 204 Å². The van der Waals surface area contributed by atoms with Gasteiger partial charge in [-0.1, -0.05) is 173 Å². The van der Waals surface area contributed by atoms with Crippen LogP contribution in [0, 0.1) is 0 Å². The van der Waals surface area contributed by atoms with Gasteiger partial charge in [-0.15, -0.1) is 0 Å². The van der Waals surface area contributed by atoms with E-state index in [0.29, 0.717) is 0 Å². The van der Waals surface area contributed by atoms with E-state index in [4.69, 9.17) is 0 Å². The second kappa shape index (κ2) is 11.9. The summed E-state index contributed by atoms with van der Waals surface area (Å²) in [6.45, 7) is 9.63. The summed E-state index contributed by atoms with van der Waals surface area (Å²) in [4.78, 5) is 0. The Labute approximate surface area is 340 Å². The van der Waals surface area contributed by atoms with Gasteiger partial charge in [0, 0.05) is 10.8 Å². The van der Waals surface area contributed by atoms with Gasteiger partial charge in [-0.05, 0) is 157 Å². The highest BCUT2D eigenvalue weighted by molar-refractivity contribution is 6.17. The molecule has 274 valence electrons. The van der Waals surface area contributed by atoms with Gasteiger partial charge in [-0.2, -0.15) is 0 Å². The fraction of sp³-hybridized carbons (Fsp3) is 0.103. The monoisotopic (exact) mass is 738 g/mol. The van der Waals surface area contributed by atoms with E-state index in [1.165, 1.54) is 121 Å². The van der Waals surface area contributed by atoms with E-state index in [1.807, 2.05) is 0 Å². The Morgan fingerprint density at radius 1 is 0.259 bits per heavy atom. The zero-order valence-electron chi connectivity index (χ0n) is 33.3. The maximum absolute atomic E-state index is 2.53. The molecule has 0 amide bonds. The van der Waals surface area contributed by atoms with Crippen LogP contribution in [0.1, 0.15) is 49.9 Å². The molecular weight excluding hydrogens is 697 g/mol. The van der Waals surface area contributed by atoms with Crippen molar-refractivity contribution in [1.82, 2.24) is 0 Å². The van der Waals surface area contributed by atoms with Crippen molar-refractivity contribution >= 4 is 43.1 Å². The molecule has 2 aliphatic carbocycles. The van der Waals surface area contributed by atoms with Crippen LogP contribution in [-0.2, 0) is 10.8 Å². The molecule has 0 saturated carbocycles. The molecule has 12 rings (SSSR count). The quantitative estimate of drug-likeness (QED) is 0.169. The van der Waals surface area contributed by atoms with Crippen LogP contribution in [0.15, 0.2) is 182 Å². The second-order valence-corrected chi connectivity index (χ2v) is 17.7. The Kier molecular flexibility index (Phi) is 6.84. The zero-order chi connectivity index (χ0) is 38.9. The molecule has 58 heavy (non-hydrogen) atoms. The number of benzene rings is 10. The van der Waals surface area contributed by atoms with Crippen molar-refractivity contribution < 1.29 is 0 Å². The molecule has 2 aliphatic rings. The number of hydrogen-bond acceptors (Lipinski definition) is 0. The Morgan fingerprint density at radius 2 is 0.672 bits per heavy atom. The standard InChI is InChI=1S/C58H42/c1-57(2)51-20-12-11-17-45(51)46-28-27-42(32-52(46)57)50-34-54-56(48-19-10-8-16-44(48)50)55-47-18-9-7-15-43(47)49(33-53(55)58(54,3)4)41-26-25-39-30-38(23-24-40(39)31-41)37-22-21-35-13-5-6-14-36(35)29-37/h5-34H,1-4H3. The minimum Gasteiger partial charge on any atom is -0.0619 e. The van der Waals surface area contributed by atoms with Gasteiger partial charge in [-0.3, -0.25) is 0 Å². The lowest BCUT2D eigenvalue weighted by Crippen LogP contribution is -2.16. The molecular formula is C58H42. The Morgan fingerprint density at radius 3 is 1.31 bits per heavy atom. The topological polar surface area (TPSA) is 0 Å². The number of rotatable bonds is 3. The summed E-state index contributed by atoms with van der Waals surface area (Å²) in [5.74, 6) is 0. The first kappa shape index (κ1) is 33.4. The average Bonchev–Trinajstić information content (AvgIpc) is 3.64. The van der Waals surface area contributed by atoms with Gasteiger partial charge in [0.05, 0.1) is 0 Å². The molecule has 0 atom stereocenters. The van der Waals surface area contributed by atoms with Crippen LogP contribution in [0.25, 0.3) is 98.7 Å². The first-order valence-corrected chi connectivity index (χ1v) is 20.7. The van der Waals surface area contributed by atoms with Crippen LogP contribution in [-0.4, -0.2) is 0 Å². The first-order chi connectivity index (χ1) is 28.3. The van der Waals surface area contributed by atoms with Crippen molar-refractivity contribution in [2.45, 2.75) is 38.5 Å². The molecule has 0 unspecified atom stereocenters. The normalized spacial score (nSPS) is 14.5. The van der Waals surface area contributed by atoms with Crippen LogP contribution < -0.4 is 0 Å². The lowest BCUT2D eigenvalue weighted by Gasteiger charge is -2.24. The van der Waals surface area contributed by atoms with Crippen LogP contribution in [0.2, 0.25) is 0 Å². The third kappa shape index (κ3) is 4.63. The highest BCUT2D eigenvalue weighted by Gasteiger charge is 2.40. The summed E-state index contributed by atoms with van der Waals surface area (Å²) >= 11 is 0. The number of hydrogen-bond donors (Lipinski definition) is 0. The average molecular weight is 739 g/mol. The van der Waals surface area contributed by atoms with Gasteiger partial charge in [-0.25, -0.2) is 0 Å². The Bertz CT molecular complexity index is 3390. The SMILES string of the molecule is CC1(C)c2ccccc2-c2ccc(-c3cc4c(c5ccccc35)-c3c(cc(-c5ccc6cc(-c7ccc8ccccc8c7)ccc6c5)c5ccccc35)C4(C)C)cc21. The maximum Gasteiger partial charge on any atom is 0.0159 e. The maximum atomic E-state index is 2.53. The summed E-state index contributed by atoms with van der Waals surface area (Å²) in [5.41, 5.74) is 18.5. The van der Waals surface area contributed by atoms with Gasteiger partial charge in [0.1, 0.15) is 0 Å². The van der Waals surface area contributed by atoms with Gasteiger partial charge < -0.3 is 0 Å². The smallest absolute Gasteiger partial charge is 0.0159 e. The lowest BCUT2D eigenvalue weighted by molar-refractivity contribution is 0.660. The molecule has 0 radical (unpaired) electrons. The molecule has 10 aromatic carbocycles. The van der Waals surface area contributed by atoms with Gasteiger partial charge in [0.2, 0.25) is 0 Å². The van der Waals surface area contributed by atoms with Crippen molar-refractivity contribution in [3.8, 4) is 55.6 Å². The molecule has 0 spiro atoms. The number of fused-ring (bicyclic) bond motifs is 12. The summed E-state index contributed by atoms with van der Waals surface area (Å²) in [6, 6.07) is 68.7. The van der Waals surface area contributed by atoms with Gasteiger partial charge >= 0.3 is 0 Å². The molecule has 0 N–H and O–H groups in total. The van der Waals surface area contributed by atoms with Crippen LogP contribution in [0.3, 0.4) is 0 Å². The molecule has 0 heteroatoms. The molecule has 0 nitrogen and oxygen atoms in total. The summed E-state index contributed by atoms with van der Waals surface area (Å²) in [5, 5.41) is 10.3. The van der Waals surface area contributed by atoms with Crippen molar-refractivity contribution in [3.63, 3.8) is 0 Å². The lowest BCUT2D eigenvalue weighted by atomic mass is 9.78. The minimum atomic E-state index is -0.208. The summed E-state index contributed by atoms with van der Waals surface area (Å²) in [7, 11) is 0. The van der Waals surface area contributed by atoms with Crippen molar-refractivity contribution in [2.24, 2.45) is 0 Å². The van der Waals surface area contributed by atoms with E-state index in [0.717, 1.165) is 0 Å².